The van der Waals surface area contributed by atoms with Crippen molar-refractivity contribution in [2.45, 2.75) is 40.2 Å². The Morgan fingerprint density at radius 2 is 1.88 bits per heavy atom. The van der Waals surface area contributed by atoms with Gasteiger partial charge in [0, 0.05) is 25.5 Å². The van der Waals surface area contributed by atoms with E-state index in [4.69, 9.17) is 4.74 Å². The molecular formula is C22H25F3N6O3. The predicted molar refractivity (Wildman–Crippen MR) is 117 cm³/mol. The highest BCUT2D eigenvalue weighted by atomic mass is 19.4. The normalized spacial score (nSPS) is 11.5. The number of aryl methyl sites for hydroxylation is 1. The number of carbonyl (C=O) groups is 2. The van der Waals surface area contributed by atoms with Crippen molar-refractivity contribution in [3.63, 3.8) is 0 Å². The fourth-order valence-corrected chi connectivity index (χ4v) is 2.87. The van der Waals surface area contributed by atoms with Crippen LogP contribution in [0.3, 0.4) is 0 Å². The summed E-state index contributed by atoms with van der Waals surface area (Å²) in [6, 6.07) is 5.89. The van der Waals surface area contributed by atoms with Gasteiger partial charge in [-0.2, -0.15) is 23.4 Å². The number of ether oxygens (including phenoxy) is 1. The van der Waals surface area contributed by atoms with Crippen LogP contribution in [-0.4, -0.2) is 37.9 Å². The molecule has 12 heteroatoms. The first kappa shape index (κ1) is 24.8. The SMILES string of the molecule is CCn1cc(NC(=O)c2ccn(COc3cccc(C(F)(F)F)c3)n2)c(C(=O)NCC(C)C)n1. The van der Waals surface area contributed by atoms with Crippen LogP contribution in [0.15, 0.2) is 42.7 Å². The summed E-state index contributed by atoms with van der Waals surface area (Å²) in [6.07, 6.45) is -1.48. The molecule has 0 aliphatic rings. The van der Waals surface area contributed by atoms with E-state index in [1.165, 1.54) is 33.8 Å². The number of amides is 2. The Morgan fingerprint density at radius 1 is 1.12 bits per heavy atom. The summed E-state index contributed by atoms with van der Waals surface area (Å²) in [6.45, 7) is 6.52. The number of hydrogen-bond acceptors (Lipinski definition) is 5. The fourth-order valence-electron chi connectivity index (χ4n) is 2.87. The monoisotopic (exact) mass is 478 g/mol. The highest BCUT2D eigenvalue weighted by molar-refractivity contribution is 6.07. The van der Waals surface area contributed by atoms with Crippen LogP contribution in [0.1, 0.15) is 47.3 Å². The lowest BCUT2D eigenvalue weighted by molar-refractivity contribution is -0.137. The molecule has 0 bridgehead atoms. The molecule has 2 aromatic heterocycles. The molecule has 2 heterocycles. The maximum atomic E-state index is 12.8. The van der Waals surface area contributed by atoms with Crippen LogP contribution >= 0.6 is 0 Å². The number of nitrogens with zero attached hydrogens (tertiary/aromatic N) is 4. The van der Waals surface area contributed by atoms with Gasteiger partial charge in [-0.3, -0.25) is 14.3 Å². The summed E-state index contributed by atoms with van der Waals surface area (Å²) in [5.74, 6) is -0.722. The van der Waals surface area contributed by atoms with Crippen molar-refractivity contribution in [3.8, 4) is 5.75 Å². The molecule has 0 saturated heterocycles. The topological polar surface area (TPSA) is 103 Å². The van der Waals surface area contributed by atoms with Crippen molar-refractivity contribution in [1.29, 1.82) is 0 Å². The quantitative estimate of drug-likeness (QED) is 0.487. The highest BCUT2D eigenvalue weighted by Gasteiger charge is 2.30. The molecule has 0 saturated carbocycles. The molecular weight excluding hydrogens is 453 g/mol. The molecule has 0 atom stereocenters. The Labute approximate surface area is 193 Å². The largest absolute Gasteiger partial charge is 0.471 e. The van der Waals surface area contributed by atoms with Crippen LogP contribution in [0.5, 0.6) is 5.75 Å². The number of alkyl halides is 3. The summed E-state index contributed by atoms with van der Waals surface area (Å²) < 4.78 is 46.7. The van der Waals surface area contributed by atoms with Gasteiger partial charge in [-0.15, -0.1) is 0 Å². The second-order valence-electron chi connectivity index (χ2n) is 7.84. The number of carbonyl (C=O) groups excluding carboxylic acids is 2. The summed E-state index contributed by atoms with van der Waals surface area (Å²) in [4.78, 5) is 25.2. The zero-order valence-electron chi connectivity index (χ0n) is 18.9. The maximum Gasteiger partial charge on any atom is 0.416 e. The minimum Gasteiger partial charge on any atom is -0.471 e. The fraction of sp³-hybridized carbons (Fsp3) is 0.364. The van der Waals surface area contributed by atoms with E-state index in [2.05, 4.69) is 20.8 Å². The molecule has 9 nitrogen and oxygen atoms in total. The zero-order chi connectivity index (χ0) is 24.9. The number of anilines is 1. The Hall–Kier alpha value is -3.83. The van der Waals surface area contributed by atoms with Crippen LogP contribution in [0.2, 0.25) is 0 Å². The first-order chi connectivity index (χ1) is 16.1. The van der Waals surface area contributed by atoms with Crippen molar-refractivity contribution >= 4 is 17.5 Å². The molecule has 34 heavy (non-hydrogen) atoms. The van der Waals surface area contributed by atoms with Gasteiger partial charge in [0.1, 0.15) is 5.75 Å². The van der Waals surface area contributed by atoms with E-state index in [1.807, 2.05) is 20.8 Å². The minimum atomic E-state index is -4.48. The minimum absolute atomic E-state index is 0.0142. The Kier molecular flexibility index (Phi) is 7.59. The lowest BCUT2D eigenvalue weighted by Crippen LogP contribution is -2.28. The standard InChI is InChI=1S/C22H25F3N6O3/c1-4-30-12-18(19(29-30)21(33)26-11-14(2)3)27-20(32)17-8-9-31(28-17)13-34-16-7-5-6-15(10-16)22(23,24)25/h5-10,12,14H,4,11,13H2,1-3H3,(H,26,33)(H,27,32). The van der Waals surface area contributed by atoms with Crippen LogP contribution in [0.25, 0.3) is 0 Å². The molecule has 0 radical (unpaired) electrons. The average molecular weight is 478 g/mol. The predicted octanol–water partition coefficient (Wildman–Crippen LogP) is 3.79. The van der Waals surface area contributed by atoms with E-state index in [0.29, 0.717) is 13.1 Å². The number of benzene rings is 1. The molecule has 0 aliphatic carbocycles. The van der Waals surface area contributed by atoms with E-state index in [0.717, 1.165) is 12.1 Å². The van der Waals surface area contributed by atoms with Crippen molar-refractivity contribution in [2.75, 3.05) is 11.9 Å². The van der Waals surface area contributed by atoms with Crippen molar-refractivity contribution in [3.05, 3.63) is 59.7 Å². The van der Waals surface area contributed by atoms with Gasteiger partial charge in [-0.05, 0) is 37.1 Å². The maximum absolute atomic E-state index is 12.8. The number of rotatable bonds is 9. The first-order valence-corrected chi connectivity index (χ1v) is 10.6. The average Bonchev–Trinajstić information content (AvgIpc) is 3.43. The van der Waals surface area contributed by atoms with E-state index in [9.17, 15) is 22.8 Å². The summed E-state index contributed by atoms with van der Waals surface area (Å²) >= 11 is 0. The van der Waals surface area contributed by atoms with E-state index >= 15 is 0 Å². The summed E-state index contributed by atoms with van der Waals surface area (Å²) in [5, 5.41) is 13.7. The second kappa shape index (κ2) is 10.4. The molecule has 2 N–H and O–H groups in total. The molecule has 1 aromatic carbocycles. The van der Waals surface area contributed by atoms with Crippen molar-refractivity contribution in [1.82, 2.24) is 24.9 Å². The molecule has 3 rings (SSSR count). The Morgan fingerprint density at radius 3 is 2.56 bits per heavy atom. The van der Waals surface area contributed by atoms with E-state index < -0.39 is 23.6 Å². The second-order valence-corrected chi connectivity index (χ2v) is 7.84. The van der Waals surface area contributed by atoms with Crippen LogP contribution in [0, 0.1) is 5.92 Å². The van der Waals surface area contributed by atoms with E-state index in [-0.39, 0.29) is 35.5 Å². The van der Waals surface area contributed by atoms with Gasteiger partial charge in [0.15, 0.2) is 18.1 Å². The Bertz CT molecular complexity index is 1150. The lowest BCUT2D eigenvalue weighted by Gasteiger charge is -2.10. The van der Waals surface area contributed by atoms with Crippen molar-refractivity contribution < 1.29 is 27.5 Å². The van der Waals surface area contributed by atoms with E-state index in [1.54, 1.807) is 6.20 Å². The zero-order valence-corrected chi connectivity index (χ0v) is 18.9. The molecule has 182 valence electrons. The molecule has 3 aromatic rings. The Balaban J connectivity index is 1.66. The third-order valence-electron chi connectivity index (χ3n) is 4.62. The number of hydrogen-bond donors (Lipinski definition) is 2. The third kappa shape index (κ3) is 6.36. The first-order valence-electron chi connectivity index (χ1n) is 10.6. The van der Waals surface area contributed by atoms with Crippen LogP contribution < -0.4 is 15.4 Å². The van der Waals surface area contributed by atoms with Gasteiger partial charge in [-0.25, -0.2) is 4.68 Å². The van der Waals surface area contributed by atoms with Crippen LogP contribution in [0.4, 0.5) is 18.9 Å². The van der Waals surface area contributed by atoms with Gasteiger partial charge in [0.2, 0.25) is 0 Å². The molecule has 2 amide bonds. The van der Waals surface area contributed by atoms with Gasteiger partial charge in [0.05, 0.1) is 11.3 Å². The van der Waals surface area contributed by atoms with Gasteiger partial charge < -0.3 is 15.4 Å². The smallest absolute Gasteiger partial charge is 0.416 e. The number of halogens is 3. The van der Waals surface area contributed by atoms with Gasteiger partial charge in [-0.1, -0.05) is 19.9 Å². The van der Waals surface area contributed by atoms with Gasteiger partial charge in [0.25, 0.3) is 11.8 Å². The third-order valence-corrected chi connectivity index (χ3v) is 4.62. The molecule has 0 aliphatic heterocycles. The highest BCUT2D eigenvalue weighted by Crippen LogP contribution is 2.31. The number of aromatic nitrogens is 4. The molecule has 0 unspecified atom stereocenters. The molecule has 0 fully saturated rings. The summed E-state index contributed by atoms with van der Waals surface area (Å²) in [7, 11) is 0. The summed E-state index contributed by atoms with van der Waals surface area (Å²) in [5.41, 5.74) is -0.470. The van der Waals surface area contributed by atoms with Crippen molar-refractivity contribution in [2.24, 2.45) is 5.92 Å². The number of nitrogens with one attached hydrogen (secondary N) is 2. The van der Waals surface area contributed by atoms with Crippen LogP contribution in [-0.2, 0) is 19.5 Å². The van der Waals surface area contributed by atoms with Gasteiger partial charge >= 0.3 is 6.18 Å². The lowest BCUT2D eigenvalue weighted by atomic mass is 10.2. The molecule has 0 spiro atoms.